The Balaban J connectivity index is 1.53. The summed E-state index contributed by atoms with van der Waals surface area (Å²) < 4.78 is 0. The number of benzene rings is 4. The lowest BCUT2D eigenvalue weighted by molar-refractivity contribution is 0.717. The van der Waals surface area contributed by atoms with Crippen LogP contribution in [0.3, 0.4) is 0 Å². The molecule has 0 bridgehead atoms. The third kappa shape index (κ3) is 5.68. The first-order valence-electron chi connectivity index (χ1n) is 13.0. The molecule has 0 nitrogen and oxygen atoms in total. The van der Waals surface area contributed by atoms with E-state index < -0.39 is 0 Å². The number of rotatable bonds is 9. The van der Waals surface area contributed by atoms with Crippen LogP contribution in [0.1, 0.15) is 61.8 Å². The first kappa shape index (κ1) is 24.0. The minimum Gasteiger partial charge on any atom is -0.0654 e. The summed E-state index contributed by atoms with van der Waals surface area (Å²) in [6.07, 6.45) is 7.40. The molecule has 34 heavy (non-hydrogen) atoms. The van der Waals surface area contributed by atoms with Crippen LogP contribution in [-0.4, -0.2) is 0 Å². The summed E-state index contributed by atoms with van der Waals surface area (Å²) in [4.78, 5) is 0. The van der Waals surface area contributed by atoms with E-state index in [-0.39, 0.29) is 0 Å². The van der Waals surface area contributed by atoms with Crippen molar-refractivity contribution in [3.05, 3.63) is 107 Å². The van der Waals surface area contributed by atoms with Crippen molar-refractivity contribution in [3.63, 3.8) is 0 Å². The normalized spacial score (nSPS) is 11.1. The highest BCUT2D eigenvalue weighted by Crippen LogP contribution is 2.32. The lowest BCUT2D eigenvalue weighted by Gasteiger charge is -2.13. The Morgan fingerprint density at radius 2 is 0.941 bits per heavy atom. The highest BCUT2D eigenvalue weighted by molar-refractivity contribution is 5.77. The molecule has 0 fully saturated rings. The maximum Gasteiger partial charge on any atom is -0.0154 e. The summed E-state index contributed by atoms with van der Waals surface area (Å²) in [5, 5.41) is 0. The lowest BCUT2D eigenvalue weighted by atomic mass is 9.91. The molecule has 0 aliphatic heterocycles. The molecule has 4 rings (SSSR count). The first-order valence-corrected chi connectivity index (χ1v) is 13.0. The van der Waals surface area contributed by atoms with Gasteiger partial charge in [-0.25, -0.2) is 0 Å². The van der Waals surface area contributed by atoms with E-state index in [1.165, 1.54) is 87.7 Å². The molecule has 4 aromatic carbocycles. The SMILES string of the molecule is CCCCCc1ccc(-c2ccc(-c3ccc(-c4ccc(CCC)cc4)c(C)c3)c(C)c2)cc1. The standard InChI is InChI=1S/C34H38/c1-5-7-8-10-28-11-15-29(16-12-28)31-19-21-34(25(3)23-31)32-20-22-33(26(4)24-32)30-17-13-27(9-6-2)14-18-30/h11-24H,5-10H2,1-4H3. The third-order valence-corrected chi connectivity index (χ3v) is 6.92. The zero-order chi connectivity index (χ0) is 23.9. The van der Waals surface area contributed by atoms with Crippen molar-refractivity contribution < 1.29 is 0 Å². The van der Waals surface area contributed by atoms with Gasteiger partial charge in [0.2, 0.25) is 0 Å². The average Bonchev–Trinajstić information content (AvgIpc) is 2.85. The zero-order valence-electron chi connectivity index (χ0n) is 21.3. The third-order valence-electron chi connectivity index (χ3n) is 6.92. The van der Waals surface area contributed by atoms with Gasteiger partial charge in [-0.3, -0.25) is 0 Å². The molecule has 0 aliphatic carbocycles. The summed E-state index contributed by atoms with van der Waals surface area (Å²) in [5.41, 5.74) is 13.3. The Morgan fingerprint density at radius 3 is 1.53 bits per heavy atom. The summed E-state index contributed by atoms with van der Waals surface area (Å²) in [6, 6.07) is 32.0. The van der Waals surface area contributed by atoms with Crippen LogP contribution in [0.25, 0.3) is 33.4 Å². The highest BCUT2D eigenvalue weighted by atomic mass is 14.1. The Bertz CT molecular complexity index is 1210. The van der Waals surface area contributed by atoms with Gasteiger partial charge in [0.25, 0.3) is 0 Å². The van der Waals surface area contributed by atoms with Crippen molar-refractivity contribution in [2.24, 2.45) is 0 Å². The molecule has 0 radical (unpaired) electrons. The van der Waals surface area contributed by atoms with Gasteiger partial charge in [-0.1, -0.05) is 118 Å². The Morgan fingerprint density at radius 1 is 0.441 bits per heavy atom. The average molecular weight is 447 g/mol. The maximum atomic E-state index is 2.34. The minimum absolute atomic E-state index is 1.15. The van der Waals surface area contributed by atoms with E-state index in [1.54, 1.807) is 0 Å². The molecule has 174 valence electrons. The molecule has 0 aromatic heterocycles. The second-order valence-electron chi connectivity index (χ2n) is 9.66. The molecule has 0 unspecified atom stereocenters. The molecule has 0 heterocycles. The van der Waals surface area contributed by atoms with E-state index in [2.05, 4.69) is 113 Å². The van der Waals surface area contributed by atoms with E-state index in [1.807, 2.05) is 0 Å². The maximum absolute atomic E-state index is 2.34. The van der Waals surface area contributed by atoms with Gasteiger partial charge in [0.1, 0.15) is 0 Å². The quantitative estimate of drug-likeness (QED) is 0.224. The largest absolute Gasteiger partial charge is 0.0654 e. The van der Waals surface area contributed by atoms with Gasteiger partial charge in [-0.15, -0.1) is 0 Å². The van der Waals surface area contributed by atoms with E-state index in [0.717, 1.165) is 6.42 Å². The summed E-state index contributed by atoms with van der Waals surface area (Å²) in [5.74, 6) is 0. The van der Waals surface area contributed by atoms with Crippen LogP contribution in [-0.2, 0) is 12.8 Å². The van der Waals surface area contributed by atoms with Gasteiger partial charge in [-0.05, 0) is 88.7 Å². The second kappa shape index (κ2) is 11.3. The molecule has 0 saturated heterocycles. The van der Waals surface area contributed by atoms with Crippen LogP contribution in [0, 0.1) is 13.8 Å². The highest BCUT2D eigenvalue weighted by Gasteiger charge is 2.09. The van der Waals surface area contributed by atoms with Gasteiger partial charge in [0.05, 0.1) is 0 Å². The fourth-order valence-corrected chi connectivity index (χ4v) is 4.90. The number of aryl methyl sites for hydroxylation is 4. The molecule has 0 atom stereocenters. The van der Waals surface area contributed by atoms with Crippen molar-refractivity contribution >= 4 is 0 Å². The monoisotopic (exact) mass is 446 g/mol. The summed E-state index contributed by atoms with van der Waals surface area (Å²) in [7, 11) is 0. The number of hydrogen-bond acceptors (Lipinski definition) is 0. The molecular weight excluding hydrogens is 408 g/mol. The molecule has 0 saturated carbocycles. The van der Waals surface area contributed by atoms with E-state index >= 15 is 0 Å². The number of unbranched alkanes of at least 4 members (excludes halogenated alkanes) is 2. The molecule has 0 spiro atoms. The van der Waals surface area contributed by atoms with E-state index in [0.29, 0.717) is 0 Å². The van der Waals surface area contributed by atoms with Crippen LogP contribution < -0.4 is 0 Å². The van der Waals surface area contributed by atoms with Gasteiger partial charge in [0, 0.05) is 0 Å². The topological polar surface area (TPSA) is 0 Å². The van der Waals surface area contributed by atoms with Crippen molar-refractivity contribution in [2.75, 3.05) is 0 Å². The zero-order valence-corrected chi connectivity index (χ0v) is 21.3. The van der Waals surface area contributed by atoms with E-state index in [9.17, 15) is 0 Å². The fraction of sp³-hybridized carbons (Fsp3) is 0.294. The lowest BCUT2D eigenvalue weighted by Crippen LogP contribution is -1.90. The Hall–Kier alpha value is -3.12. The van der Waals surface area contributed by atoms with Gasteiger partial charge in [0.15, 0.2) is 0 Å². The molecule has 4 aromatic rings. The van der Waals surface area contributed by atoms with Crippen molar-refractivity contribution in [3.8, 4) is 33.4 Å². The molecule has 0 N–H and O–H groups in total. The minimum atomic E-state index is 1.15. The number of hydrogen-bond donors (Lipinski definition) is 0. The Kier molecular flexibility index (Phi) is 8.01. The van der Waals surface area contributed by atoms with Gasteiger partial charge >= 0.3 is 0 Å². The summed E-state index contributed by atoms with van der Waals surface area (Å²) in [6.45, 7) is 8.95. The van der Waals surface area contributed by atoms with Gasteiger partial charge < -0.3 is 0 Å². The van der Waals surface area contributed by atoms with Crippen LogP contribution in [0.5, 0.6) is 0 Å². The smallest absolute Gasteiger partial charge is 0.0154 e. The first-order chi connectivity index (χ1) is 16.6. The molecule has 0 amide bonds. The fourth-order valence-electron chi connectivity index (χ4n) is 4.90. The van der Waals surface area contributed by atoms with Crippen LogP contribution in [0.4, 0.5) is 0 Å². The van der Waals surface area contributed by atoms with E-state index in [4.69, 9.17) is 0 Å². The van der Waals surface area contributed by atoms with Crippen LogP contribution in [0.15, 0.2) is 84.9 Å². The Labute approximate surface area is 206 Å². The van der Waals surface area contributed by atoms with Crippen LogP contribution in [0.2, 0.25) is 0 Å². The van der Waals surface area contributed by atoms with Crippen molar-refractivity contribution in [1.82, 2.24) is 0 Å². The predicted molar refractivity (Wildman–Crippen MR) is 149 cm³/mol. The van der Waals surface area contributed by atoms with Crippen molar-refractivity contribution in [2.45, 2.75) is 66.2 Å². The molecular formula is C34H38. The second-order valence-corrected chi connectivity index (χ2v) is 9.66. The predicted octanol–water partition coefficient (Wildman–Crippen LogP) is 9.99. The van der Waals surface area contributed by atoms with Crippen LogP contribution >= 0.6 is 0 Å². The molecule has 0 heteroatoms. The van der Waals surface area contributed by atoms with Crippen molar-refractivity contribution in [1.29, 1.82) is 0 Å². The summed E-state index contributed by atoms with van der Waals surface area (Å²) >= 11 is 0. The van der Waals surface area contributed by atoms with Gasteiger partial charge in [-0.2, -0.15) is 0 Å². The molecule has 0 aliphatic rings.